The van der Waals surface area contributed by atoms with Gasteiger partial charge in [-0.3, -0.25) is 0 Å². The van der Waals surface area contributed by atoms with Gasteiger partial charge in [-0.05, 0) is 37.1 Å². The van der Waals surface area contributed by atoms with Gasteiger partial charge in [0.05, 0.1) is 0 Å². The number of urea groups is 1. The lowest BCUT2D eigenvalue weighted by Gasteiger charge is -2.23. The van der Waals surface area contributed by atoms with Gasteiger partial charge in [-0.2, -0.15) is 0 Å². The Bertz CT molecular complexity index is 417. The van der Waals surface area contributed by atoms with Gasteiger partial charge in [-0.1, -0.05) is 18.6 Å². The number of piperidine rings is 1. The van der Waals surface area contributed by atoms with E-state index in [9.17, 15) is 9.90 Å². The summed E-state index contributed by atoms with van der Waals surface area (Å²) in [4.78, 5) is 11.6. The van der Waals surface area contributed by atoms with Gasteiger partial charge in [-0.25, -0.2) is 4.79 Å². The number of hydrogen-bond acceptors (Lipinski definition) is 3. The number of carbonyl (C=O) groups excluding carboxylic acids is 1. The minimum atomic E-state index is -0.171. The lowest BCUT2D eigenvalue weighted by Crippen LogP contribution is -2.46. The molecule has 2 rings (SSSR count). The predicted octanol–water partition coefficient (Wildman–Crippen LogP) is 1.33. The number of rotatable bonds is 4. The van der Waals surface area contributed by atoms with Gasteiger partial charge in [0, 0.05) is 19.1 Å². The summed E-state index contributed by atoms with van der Waals surface area (Å²) in [5.41, 5.74) is 0.881. The van der Waals surface area contributed by atoms with Crippen molar-refractivity contribution in [2.75, 3.05) is 13.1 Å². The third-order valence-corrected chi connectivity index (χ3v) is 3.29. The Labute approximate surface area is 113 Å². The first-order chi connectivity index (χ1) is 9.24. The van der Waals surface area contributed by atoms with E-state index in [-0.39, 0.29) is 11.8 Å². The van der Waals surface area contributed by atoms with Gasteiger partial charge in [0.2, 0.25) is 0 Å². The van der Waals surface area contributed by atoms with Crippen molar-refractivity contribution in [2.24, 2.45) is 0 Å². The molecule has 4 N–H and O–H groups in total. The van der Waals surface area contributed by atoms with Crippen LogP contribution in [0.1, 0.15) is 24.8 Å². The molecule has 5 heteroatoms. The number of carbonyl (C=O) groups is 1. The Kier molecular flexibility index (Phi) is 5.03. The lowest BCUT2D eigenvalue weighted by molar-refractivity contribution is 0.238. The van der Waals surface area contributed by atoms with Crippen molar-refractivity contribution < 1.29 is 9.90 Å². The van der Waals surface area contributed by atoms with Crippen molar-refractivity contribution >= 4 is 6.03 Å². The zero-order valence-corrected chi connectivity index (χ0v) is 11.0. The number of nitrogens with one attached hydrogen (secondary N) is 3. The molecule has 1 aromatic rings. The van der Waals surface area contributed by atoms with Gasteiger partial charge >= 0.3 is 6.03 Å². The molecule has 1 unspecified atom stereocenters. The number of phenolic OH excluding ortho intramolecular Hbond substituents is 1. The average molecular weight is 263 g/mol. The third-order valence-electron chi connectivity index (χ3n) is 3.29. The van der Waals surface area contributed by atoms with Crippen LogP contribution >= 0.6 is 0 Å². The van der Waals surface area contributed by atoms with E-state index in [4.69, 9.17) is 0 Å². The molecule has 1 saturated heterocycles. The normalized spacial score (nSPS) is 18.8. The van der Waals surface area contributed by atoms with Gasteiger partial charge in [0.25, 0.3) is 0 Å². The molecule has 0 radical (unpaired) electrons. The van der Waals surface area contributed by atoms with Crippen LogP contribution in [0.25, 0.3) is 0 Å². The summed E-state index contributed by atoms with van der Waals surface area (Å²) in [6.07, 6.45) is 3.57. The van der Waals surface area contributed by atoms with Crippen molar-refractivity contribution in [2.45, 2.75) is 31.8 Å². The maximum Gasteiger partial charge on any atom is 0.315 e. The Balaban J connectivity index is 1.66. The molecule has 1 aliphatic rings. The molecule has 2 amide bonds. The molecule has 0 saturated carbocycles. The molecule has 0 bridgehead atoms. The summed E-state index contributed by atoms with van der Waals surface area (Å²) < 4.78 is 0. The van der Waals surface area contributed by atoms with Crippen LogP contribution in [-0.4, -0.2) is 30.3 Å². The van der Waals surface area contributed by atoms with E-state index in [1.165, 1.54) is 12.8 Å². The van der Waals surface area contributed by atoms with E-state index in [1.54, 1.807) is 18.2 Å². The largest absolute Gasteiger partial charge is 0.508 e. The summed E-state index contributed by atoms with van der Waals surface area (Å²) in [6, 6.07) is 7.09. The SMILES string of the molecule is O=C(NCc1cccc(O)c1)NCC1CCCCN1. The second-order valence-corrected chi connectivity index (χ2v) is 4.88. The van der Waals surface area contributed by atoms with E-state index >= 15 is 0 Å². The Hall–Kier alpha value is -1.75. The van der Waals surface area contributed by atoms with Crippen LogP contribution in [0.3, 0.4) is 0 Å². The van der Waals surface area contributed by atoms with Crippen LogP contribution in [0.15, 0.2) is 24.3 Å². The smallest absolute Gasteiger partial charge is 0.315 e. The molecule has 0 spiro atoms. The number of phenols is 1. The van der Waals surface area contributed by atoms with Crippen LogP contribution in [0.2, 0.25) is 0 Å². The summed E-state index contributed by atoms with van der Waals surface area (Å²) in [6.45, 7) is 2.11. The molecule has 1 heterocycles. The first-order valence-electron chi connectivity index (χ1n) is 6.77. The first-order valence-corrected chi connectivity index (χ1v) is 6.77. The number of aromatic hydroxyl groups is 1. The van der Waals surface area contributed by atoms with Crippen LogP contribution in [-0.2, 0) is 6.54 Å². The fraction of sp³-hybridized carbons (Fsp3) is 0.500. The molecule has 19 heavy (non-hydrogen) atoms. The molecule has 1 aliphatic heterocycles. The minimum Gasteiger partial charge on any atom is -0.508 e. The van der Waals surface area contributed by atoms with E-state index < -0.39 is 0 Å². The van der Waals surface area contributed by atoms with Gasteiger partial charge in [-0.15, -0.1) is 0 Å². The summed E-state index contributed by atoms with van der Waals surface area (Å²) in [7, 11) is 0. The fourth-order valence-corrected chi connectivity index (χ4v) is 2.23. The van der Waals surface area contributed by atoms with Gasteiger partial charge in [0.1, 0.15) is 5.75 Å². The highest BCUT2D eigenvalue weighted by Crippen LogP contribution is 2.10. The molecular formula is C14H21N3O2. The van der Waals surface area contributed by atoms with E-state index in [1.807, 2.05) is 6.07 Å². The average Bonchev–Trinajstić information content (AvgIpc) is 2.44. The zero-order chi connectivity index (χ0) is 13.5. The Morgan fingerprint density at radius 2 is 2.26 bits per heavy atom. The molecule has 0 aromatic heterocycles. The third kappa shape index (κ3) is 4.79. The van der Waals surface area contributed by atoms with Crippen molar-refractivity contribution in [1.29, 1.82) is 0 Å². The standard InChI is InChI=1S/C14H21N3O2/c18-13-6-3-4-11(8-13)9-16-14(19)17-10-12-5-1-2-7-15-12/h3-4,6,8,12,15,18H,1-2,5,7,9-10H2,(H2,16,17,19). The molecule has 5 nitrogen and oxygen atoms in total. The maximum absolute atomic E-state index is 11.6. The van der Waals surface area contributed by atoms with Crippen LogP contribution < -0.4 is 16.0 Å². The van der Waals surface area contributed by atoms with E-state index in [0.717, 1.165) is 18.5 Å². The van der Waals surface area contributed by atoms with Crippen LogP contribution in [0.5, 0.6) is 5.75 Å². The van der Waals surface area contributed by atoms with Gasteiger partial charge in [0.15, 0.2) is 0 Å². The summed E-state index contributed by atoms with van der Waals surface area (Å²) in [5.74, 6) is 0.214. The second kappa shape index (κ2) is 6.99. The second-order valence-electron chi connectivity index (χ2n) is 4.88. The van der Waals surface area contributed by atoms with Gasteiger partial charge < -0.3 is 21.1 Å². The highest BCUT2D eigenvalue weighted by atomic mass is 16.3. The number of benzene rings is 1. The molecule has 104 valence electrons. The monoisotopic (exact) mass is 263 g/mol. The quantitative estimate of drug-likeness (QED) is 0.662. The molecule has 1 fully saturated rings. The van der Waals surface area contributed by atoms with Crippen molar-refractivity contribution in [1.82, 2.24) is 16.0 Å². The van der Waals surface area contributed by atoms with Crippen molar-refractivity contribution in [3.05, 3.63) is 29.8 Å². The lowest BCUT2D eigenvalue weighted by atomic mass is 10.1. The fourth-order valence-electron chi connectivity index (χ4n) is 2.23. The minimum absolute atomic E-state index is 0.171. The van der Waals surface area contributed by atoms with Crippen molar-refractivity contribution in [3.63, 3.8) is 0 Å². The van der Waals surface area contributed by atoms with Crippen LogP contribution in [0, 0.1) is 0 Å². The number of amides is 2. The highest BCUT2D eigenvalue weighted by molar-refractivity contribution is 5.73. The number of hydrogen-bond donors (Lipinski definition) is 4. The molecule has 0 aliphatic carbocycles. The first kappa shape index (κ1) is 13.7. The van der Waals surface area contributed by atoms with E-state index in [2.05, 4.69) is 16.0 Å². The topological polar surface area (TPSA) is 73.4 Å². The van der Waals surface area contributed by atoms with Crippen molar-refractivity contribution in [3.8, 4) is 5.75 Å². The zero-order valence-electron chi connectivity index (χ0n) is 11.0. The predicted molar refractivity (Wildman–Crippen MR) is 74.0 cm³/mol. The molecular weight excluding hydrogens is 242 g/mol. The summed E-state index contributed by atoms with van der Waals surface area (Å²) in [5, 5.41) is 18.3. The highest BCUT2D eigenvalue weighted by Gasteiger charge is 2.12. The Morgan fingerprint density at radius 1 is 1.37 bits per heavy atom. The van der Waals surface area contributed by atoms with Crippen LogP contribution in [0.4, 0.5) is 4.79 Å². The summed E-state index contributed by atoms with van der Waals surface area (Å²) >= 11 is 0. The maximum atomic E-state index is 11.6. The molecule has 1 atom stereocenters. The molecule has 1 aromatic carbocycles. The Morgan fingerprint density at radius 3 is 3.00 bits per heavy atom. The van der Waals surface area contributed by atoms with E-state index in [0.29, 0.717) is 19.1 Å².